The van der Waals surface area contributed by atoms with Crippen LogP contribution in [0.25, 0.3) is 0 Å². The minimum atomic E-state index is 0.464. The van der Waals surface area contributed by atoms with Crippen LogP contribution in [-0.4, -0.2) is 11.5 Å². The van der Waals surface area contributed by atoms with Crippen molar-refractivity contribution < 1.29 is 4.74 Å². The fourth-order valence-electron chi connectivity index (χ4n) is 2.11. The molecular weight excluding hydrogens is 280 g/mol. The first-order valence-electron chi connectivity index (χ1n) is 7.56. The highest BCUT2D eigenvalue weighted by molar-refractivity contribution is 7.11. The Kier molecular flexibility index (Phi) is 6.21. The van der Waals surface area contributed by atoms with Crippen LogP contribution in [0.4, 0.5) is 0 Å². The molecule has 0 unspecified atom stereocenters. The molecule has 114 valence electrons. The number of nitrogens with one attached hydrogen (secondary N) is 1. The van der Waals surface area contributed by atoms with Gasteiger partial charge in [-0.25, -0.2) is 4.98 Å². The van der Waals surface area contributed by atoms with E-state index in [4.69, 9.17) is 4.74 Å². The molecule has 1 N–H and O–H groups in total. The van der Waals surface area contributed by atoms with Crippen molar-refractivity contribution >= 4 is 11.3 Å². The van der Waals surface area contributed by atoms with E-state index in [2.05, 4.69) is 43.2 Å². The van der Waals surface area contributed by atoms with Gasteiger partial charge in [0.1, 0.15) is 17.4 Å². The number of para-hydroxylation sites is 1. The van der Waals surface area contributed by atoms with Crippen molar-refractivity contribution in [2.75, 3.05) is 6.54 Å². The molecule has 1 aromatic heterocycles. The highest BCUT2D eigenvalue weighted by Gasteiger charge is 2.08. The number of thiazole rings is 1. The minimum Gasteiger partial charge on any atom is -0.486 e. The summed E-state index contributed by atoms with van der Waals surface area (Å²) in [5.41, 5.74) is 1.25. The largest absolute Gasteiger partial charge is 0.486 e. The molecule has 0 spiro atoms. The zero-order chi connectivity index (χ0) is 15.1. The SMILES string of the molecule is CCCNCc1cnc(COc2ccccc2C(C)C)s1. The van der Waals surface area contributed by atoms with Crippen LogP contribution in [0.3, 0.4) is 0 Å². The summed E-state index contributed by atoms with van der Waals surface area (Å²) in [6, 6.07) is 8.24. The fraction of sp³-hybridized carbons (Fsp3) is 0.471. The lowest BCUT2D eigenvalue weighted by Gasteiger charge is -2.12. The fourth-order valence-corrected chi connectivity index (χ4v) is 2.92. The lowest BCUT2D eigenvalue weighted by Crippen LogP contribution is -2.12. The molecule has 4 heteroatoms. The Hall–Kier alpha value is -1.39. The monoisotopic (exact) mass is 304 g/mol. The summed E-state index contributed by atoms with van der Waals surface area (Å²) in [6.45, 7) is 9.03. The molecule has 0 aliphatic heterocycles. The summed E-state index contributed by atoms with van der Waals surface area (Å²) in [7, 11) is 0. The second-order valence-corrected chi connectivity index (χ2v) is 6.58. The summed E-state index contributed by atoms with van der Waals surface area (Å²) in [6.07, 6.45) is 3.10. The molecule has 0 fully saturated rings. The van der Waals surface area contributed by atoms with Gasteiger partial charge in [-0.3, -0.25) is 0 Å². The molecule has 0 saturated carbocycles. The van der Waals surface area contributed by atoms with Crippen molar-refractivity contribution in [2.24, 2.45) is 0 Å². The smallest absolute Gasteiger partial charge is 0.140 e. The Bertz CT molecular complexity index is 551. The Morgan fingerprint density at radius 2 is 2.10 bits per heavy atom. The molecule has 0 aliphatic rings. The van der Waals surface area contributed by atoms with E-state index in [0.717, 1.165) is 30.3 Å². The number of nitrogens with zero attached hydrogens (tertiary/aromatic N) is 1. The number of ether oxygens (including phenoxy) is 1. The summed E-state index contributed by atoms with van der Waals surface area (Å²) in [5.74, 6) is 1.43. The van der Waals surface area contributed by atoms with Gasteiger partial charge in [0.2, 0.25) is 0 Å². The van der Waals surface area contributed by atoms with E-state index in [-0.39, 0.29) is 0 Å². The van der Waals surface area contributed by atoms with Crippen LogP contribution in [0.5, 0.6) is 5.75 Å². The summed E-state index contributed by atoms with van der Waals surface area (Å²) >= 11 is 1.72. The Balaban J connectivity index is 1.91. The molecule has 0 saturated heterocycles. The average molecular weight is 304 g/mol. The van der Waals surface area contributed by atoms with Gasteiger partial charge in [0.15, 0.2) is 0 Å². The summed E-state index contributed by atoms with van der Waals surface area (Å²) in [5, 5.41) is 4.42. The van der Waals surface area contributed by atoms with Gasteiger partial charge in [-0.15, -0.1) is 11.3 Å². The van der Waals surface area contributed by atoms with Crippen LogP contribution >= 0.6 is 11.3 Å². The van der Waals surface area contributed by atoms with Gasteiger partial charge in [-0.2, -0.15) is 0 Å². The standard InChI is InChI=1S/C17H24N2OS/c1-4-9-18-10-14-11-19-17(21-14)12-20-16-8-6-5-7-15(16)13(2)3/h5-8,11,13,18H,4,9-10,12H2,1-3H3. The van der Waals surface area contributed by atoms with Crippen LogP contribution < -0.4 is 10.1 Å². The van der Waals surface area contributed by atoms with Crippen LogP contribution in [0, 0.1) is 0 Å². The molecule has 0 radical (unpaired) electrons. The third-order valence-electron chi connectivity index (χ3n) is 3.22. The van der Waals surface area contributed by atoms with E-state index in [1.807, 2.05) is 18.3 Å². The quantitative estimate of drug-likeness (QED) is 0.736. The number of rotatable bonds is 8. The molecular formula is C17H24N2OS. The highest BCUT2D eigenvalue weighted by Crippen LogP contribution is 2.27. The Labute approximate surface area is 131 Å². The second kappa shape index (κ2) is 8.15. The lowest BCUT2D eigenvalue weighted by atomic mass is 10.0. The number of hydrogen-bond donors (Lipinski definition) is 1. The molecule has 0 atom stereocenters. The van der Waals surface area contributed by atoms with Crippen LogP contribution in [0.1, 0.15) is 48.6 Å². The maximum Gasteiger partial charge on any atom is 0.140 e. The van der Waals surface area contributed by atoms with Crippen LogP contribution in [0.15, 0.2) is 30.5 Å². The highest BCUT2D eigenvalue weighted by atomic mass is 32.1. The van der Waals surface area contributed by atoms with Crippen molar-refractivity contribution in [3.05, 3.63) is 45.9 Å². The van der Waals surface area contributed by atoms with E-state index in [0.29, 0.717) is 12.5 Å². The molecule has 1 aromatic carbocycles. The molecule has 1 heterocycles. The first-order chi connectivity index (χ1) is 10.2. The normalized spacial score (nSPS) is 11.0. The van der Waals surface area contributed by atoms with Crippen molar-refractivity contribution in [1.82, 2.24) is 10.3 Å². The Morgan fingerprint density at radius 3 is 2.86 bits per heavy atom. The van der Waals surface area contributed by atoms with E-state index in [1.165, 1.54) is 10.4 Å². The van der Waals surface area contributed by atoms with Crippen molar-refractivity contribution in [2.45, 2.75) is 46.3 Å². The molecule has 2 rings (SSSR count). The van der Waals surface area contributed by atoms with Gasteiger partial charge < -0.3 is 10.1 Å². The van der Waals surface area contributed by atoms with Gasteiger partial charge in [-0.05, 0) is 30.5 Å². The predicted molar refractivity (Wildman–Crippen MR) is 89.0 cm³/mol. The first-order valence-corrected chi connectivity index (χ1v) is 8.38. The molecule has 0 bridgehead atoms. The zero-order valence-corrected chi connectivity index (χ0v) is 13.9. The van der Waals surface area contributed by atoms with Crippen LogP contribution in [0.2, 0.25) is 0 Å². The van der Waals surface area contributed by atoms with Gasteiger partial charge >= 0.3 is 0 Å². The predicted octanol–water partition coefficient (Wildman–Crippen LogP) is 4.35. The average Bonchev–Trinajstić information content (AvgIpc) is 2.93. The number of benzene rings is 1. The van der Waals surface area contributed by atoms with Crippen molar-refractivity contribution in [3.63, 3.8) is 0 Å². The van der Waals surface area contributed by atoms with Gasteiger partial charge in [-0.1, -0.05) is 39.0 Å². The lowest BCUT2D eigenvalue weighted by molar-refractivity contribution is 0.301. The molecule has 0 amide bonds. The number of aromatic nitrogens is 1. The second-order valence-electron chi connectivity index (χ2n) is 5.38. The topological polar surface area (TPSA) is 34.2 Å². The van der Waals surface area contributed by atoms with Gasteiger partial charge in [0.25, 0.3) is 0 Å². The van der Waals surface area contributed by atoms with Crippen molar-refractivity contribution in [1.29, 1.82) is 0 Å². The number of hydrogen-bond acceptors (Lipinski definition) is 4. The van der Waals surface area contributed by atoms with E-state index < -0.39 is 0 Å². The third-order valence-corrected chi connectivity index (χ3v) is 4.19. The Morgan fingerprint density at radius 1 is 1.29 bits per heavy atom. The van der Waals surface area contributed by atoms with E-state index in [1.54, 1.807) is 11.3 Å². The third kappa shape index (κ3) is 4.83. The summed E-state index contributed by atoms with van der Waals surface area (Å²) < 4.78 is 5.95. The molecule has 0 aliphatic carbocycles. The minimum absolute atomic E-state index is 0.464. The van der Waals surface area contributed by atoms with Crippen molar-refractivity contribution in [3.8, 4) is 5.75 Å². The molecule has 21 heavy (non-hydrogen) atoms. The van der Waals surface area contributed by atoms with Gasteiger partial charge in [0.05, 0.1) is 0 Å². The maximum atomic E-state index is 5.95. The molecule has 2 aromatic rings. The first kappa shape index (κ1) is 16.0. The van der Waals surface area contributed by atoms with Gasteiger partial charge in [0, 0.05) is 17.6 Å². The summed E-state index contributed by atoms with van der Waals surface area (Å²) in [4.78, 5) is 5.70. The molecule has 3 nitrogen and oxygen atoms in total. The van der Waals surface area contributed by atoms with Crippen LogP contribution in [-0.2, 0) is 13.2 Å². The zero-order valence-electron chi connectivity index (χ0n) is 13.1. The maximum absolute atomic E-state index is 5.95. The van der Waals surface area contributed by atoms with E-state index in [9.17, 15) is 0 Å². The van der Waals surface area contributed by atoms with E-state index >= 15 is 0 Å².